The van der Waals surface area contributed by atoms with E-state index >= 15 is 0 Å². The van der Waals surface area contributed by atoms with Crippen molar-refractivity contribution in [1.82, 2.24) is 0 Å². The number of thiazole rings is 1. The topological polar surface area (TPSA) is 31.6 Å². The van der Waals surface area contributed by atoms with Gasteiger partial charge in [-0.25, -0.2) is 0 Å². The molecule has 0 aliphatic heterocycles. The first-order valence-corrected chi connectivity index (χ1v) is 9.07. The maximum Gasteiger partial charge on any atom is 0.500 e. The molecule has 1 heterocycles. The zero-order chi connectivity index (χ0) is 13.7. The van der Waals surface area contributed by atoms with Crippen molar-refractivity contribution in [3.05, 3.63) is 29.8 Å². The van der Waals surface area contributed by atoms with Crippen LogP contribution in [0.25, 0.3) is 10.2 Å². The highest BCUT2D eigenvalue weighted by Gasteiger charge is 2.37. The minimum Gasteiger partial charge on any atom is -0.377 e. The molecule has 0 radical (unpaired) electrons. The van der Waals surface area contributed by atoms with Crippen LogP contribution in [0.15, 0.2) is 29.8 Å². The standard InChI is InChI=1S/C13H20NO3SSi/c1-15-19(16-2,17-3)10-6-9-14-11-18-13-8-5-4-7-12(13)14/h4-5,7-8,11H,6,9-10H2,1-3H3/q+1. The molecule has 0 unspecified atom stereocenters. The SMILES string of the molecule is CO[Si](CCC[n+]1csc2ccccc21)(OC)OC. The number of aromatic nitrogens is 1. The average molecular weight is 298 g/mol. The van der Waals surface area contributed by atoms with Gasteiger partial charge in [-0.1, -0.05) is 23.5 Å². The van der Waals surface area contributed by atoms with E-state index in [4.69, 9.17) is 13.3 Å². The van der Waals surface area contributed by atoms with Crippen molar-refractivity contribution in [2.75, 3.05) is 21.3 Å². The summed E-state index contributed by atoms with van der Waals surface area (Å²) in [4.78, 5) is 0. The van der Waals surface area contributed by atoms with Crippen molar-refractivity contribution in [1.29, 1.82) is 0 Å². The summed E-state index contributed by atoms with van der Waals surface area (Å²) in [6.45, 7) is 0.953. The van der Waals surface area contributed by atoms with Gasteiger partial charge >= 0.3 is 8.80 Å². The molecule has 0 saturated carbocycles. The lowest BCUT2D eigenvalue weighted by Crippen LogP contribution is -2.43. The quantitative estimate of drug-likeness (QED) is 0.581. The lowest BCUT2D eigenvalue weighted by Gasteiger charge is -2.23. The van der Waals surface area contributed by atoms with Crippen LogP contribution >= 0.6 is 11.3 Å². The van der Waals surface area contributed by atoms with Crippen molar-refractivity contribution in [2.45, 2.75) is 19.0 Å². The van der Waals surface area contributed by atoms with Gasteiger partial charge in [-0.05, 0) is 6.07 Å². The summed E-state index contributed by atoms with van der Waals surface area (Å²) in [7, 11) is 2.55. The van der Waals surface area contributed by atoms with Crippen LogP contribution in [0.5, 0.6) is 0 Å². The van der Waals surface area contributed by atoms with Crippen LogP contribution in [0.3, 0.4) is 0 Å². The van der Waals surface area contributed by atoms with Gasteiger partial charge in [0.15, 0.2) is 0 Å². The molecule has 0 N–H and O–H groups in total. The Balaban J connectivity index is 1.99. The third-order valence-electron chi connectivity index (χ3n) is 3.30. The van der Waals surface area contributed by atoms with Crippen LogP contribution in [0, 0.1) is 0 Å². The Morgan fingerprint density at radius 3 is 2.47 bits per heavy atom. The number of aryl methyl sites for hydroxylation is 1. The van der Waals surface area contributed by atoms with Crippen LogP contribution < -0.4 is 4.57 Å². The minimum atomic E-state index is -2.43. The van der Waals surface area contributed by atoms with Gasteiger partial charge in [0.2, 0.25) is 11.0 Å². The molecule has 104 valence electrons. The fraction of sp³-hybridized carbons (Fsp3) is 0.462. The summed E-state index contributed by atoms with van der Waals surface area (Å²) < 4.78 is 19.9. The molecule has 2 rings (SSSR count). The molecule has 0 spiro atoms. The van der Waals surface area contributed by atoms with Gasteiger partial charge in [-0.15, -0.1) is 0 Å². The first kappa shape index (κ1) is 14.6. The Bertz CT molecular complexity index is 519. The molecular weight excluding hydrogens is 278 g/mol. The molecule has 1 aromatic carbocycles. The molecule has 4 nitrogen and oxygen atoms in total. The highest BCUT2D eigenvalue weighted by molar-refractivity contribution is 7.16. The van der Waals surface area contributed by atoms with Crippen molar-refractivity contribution in [3.63, 3.8) is 0 Å². The summed E-state index contributed by atoms with van der Waals surface area (Å²) in [6.07, 6.45) is 0.979. The van der Waals surface area contributed by atoms with Gasteiger partial charge in [0, 0.05) is 39.9 Å². The third kappa shape index (κ3) is 3.21. The zero-order valence-corrected chi connectivity index (χ0v) is 13.4. The summed E-state index contributed by atoms with van der Waals surface area (Å²) >= 11 is 1.77. The summed E-state index contributed by atoms with van der Waals surface area (Å²) in [6, 6.07) is 9.27. The fourth-order valence-corrected chi connectivity index (χ4v) is 4.79. The second kappa shape index (κ2) is 6.58. The monoisotopic (exact) mass is 298 g/mol. The second-order valence-corrected chi connectivity index (χ2v) is 8.26. The predicted octanol–water partition coefficient (Wildman–Crippen LogP) is 2.46. The van der Waals surface area contributed by atoms with Crippen LogP contribution in [0.2, 0.25) is 6.04 Å². The van der Waals surface area contributed by atoms with E-state index in [9.17, 15) is 0 Å². The van der Waals surface area contributed by atoms with Gasteiger partial charge < -0.3 is 13.3 Å². The first-order chi connectivity index (χ1) is 9.24. The lowest BCUT2D eigenvalue weighted by molar-refractivity contribution is -0.667. The van der Waals surface area contributed by atoms with Crippen LogP contribution in [-0.2, 0) is 19.8 Å². The van der Waals surface area contributed by atoms with Crippen LogP contribution in [0.4, 0.5) is 0 Å². The van der Waals surface area contributed by atoms with Crippen LogP contribution in [0.1, 0.15) is 6.42 Å². The molecule has 0 amide bonds. The number of benzene rings is 1. The van der Waals surface area contributed by atoms with Gasteiger partial charge in [0.25, 0.3) is 0 Å². The van der Waals surface area contributed by atoms with Gasteiger partial charge in [-0.3, -0.25) is 0 Å². The number of fused-ring (bicyclic) bond motifs is 1. The Hall–Kier alpha value is -0.793. The number of rotatable bonds is 7. The fourth-order valence-electron chi connectivity index (χ4n) is 2.17. The minimum absolute atomic E-state index is 0.827. The molecule has 2 aromatic rings. The van der Waals surface area contributed by atoms with E-state index in [2.05, 4.69) is 34.3 Å². The lowest BCUT2D eigenvalue weighted by atomic mass is 10.3. The molecule has 0 fully saturated rings. The average Bonchev–Trinajstić information content (AvgIpc) is 2.88. The van der Waals surface area contributed by atoms with E-state index in [0.717, 1.165) is 19.0 Å². The Kier molecular flexibility index (Phi) is 5.06. The first-order valence-electron chi connectivity index (χ1n) is 6.26. The largest absolute Gasteiger partial charge is 0.500 e. The van der Waals surface area contributed by atoms with Gasteiger partial charge in [0.1, 0.15) is 11.2 Å². The summed E-state index contributed by atoms with van der Waals surface area (Å²) in [5.74, 6) is 0. The van der Waals surface area contributed by atoms with E-state index in [1.807, 2.05) is 0 Å². The normalized spacial score (nSPS) is 12.2. The van der Waals surface area contributed by atoms with E-state index in [1.54, 1.807) is 32.7 Å². The second-order valence-electron chi connectivity index (χ2n) is 4.28. The van der Waals surface area contributed by atoms with Gasteiger partial charge in [0.05, 0.1) is 0 Å². The highest BCUT2D eigenvalue weighted by atomic mass is 32.1. The molecule has 0 aliphatic carbocycles. The molecule has 1 aromatic heterocycles. The van der Waals surface area contributed by atoms with E-state index in [0.29, 0.717) is 0 Å². The number of hydrogen-bond acceptors (Lipinski definition) is 4. The predicted molar refractivity (Wildman–Crippen MR) is 78.2 cm³/mol. The summed E-state index contributed by atoms with van der Waals surface area (Å²) in [5, 5.41) is 0. The van der Waals surface area contributed by atoms with Crippen molar-refractivity contribution in [3.8, 4) is 0 Å². The molecule has 0 bridgehead atoms. The molecule has 0 saturated heterocycles. The summed E-state index contributed by atoms with van der Waals surface area (Å²) in [5.41, 5.74) is 3.45. The molecule has 6 heteroatoms. The molecule has 0 aliphatic rings. The van der Waals surface area contributed by atoms with Crippen LogP contribution in [-0.4, -0.2) is 30.1 Å². The number of nitrogens with zero attached hydrogens (tertiary/aromatic N) is 1. The Morgan fingerprint density at radius 1 is 1.11 bits per heavy atom. The van der Waals surface area contributed by atoms with E-state index < -0.39 is 8.80 Å². The zero-order valence-electron chi connectivity index (χ0n) is 11.6. The third-order valence-corrected chi connectivity index (χ3v) is 7.09. The highest BCUT2D eigenvalue weighted by Crippen LogP contribution is 2.17. The number of hydrogen-bond donors (Lipinski definition) is 0. The molecular formula is C13H20NO3SSi+. The Labute approximate surface area is 118 Å². The van der Waals surface area contributed by atoms with Crippen molar-refractivity contribution >= 4 is 30.4 Å². The van der Waals surface area contributed by atoms with E-state index in [1.165, 1.54) is 10.2 Å². The number of para-hydroxylation sites is 1. The maximum atomic E-state index is 5.43. The van der Waals surface area contributed by atoms with E-state index in [-0.39, 0.29) is 0 Å². The maximum absolute atomic E-state index is 5.43. The molecule has 0 atom stereocenters. The Morgan fingerprint density at radius 2 is 1.79 bits per heavy atom. The van der Waals surface area contributed by atoms with Crippen molar-refractivity contribution in [2.24, 2.45) is 0 Å². The molecule has 19 heavy (non-hydrogen) atoms. The van der Waals surface area contributed by atoms with Gasteiger partial charge in [-0.2, -0.15) is 4.57 Å². The smallest absolute Gasteiger partial charge is 0.377 e. The van der Waals surface area contributed by atoms with Crippen molar-refractivity contribution < 1.29 is 17.8 Å².